The van der Waals surface area contributed by atoms with E-state index in [9.17, 15) is 0 Å². The maximum absolute atomic E-state index is 7.50. The van der Waals surface area contributed by atoms with Gasteiger partial charge in [0.05, 0.1) is 19.3 Å². The van der Waals surface area contributed by atoms with Crippen LogP contribution in [0, 0.1) is 24.4 Å². The normalized spacial score (nSPS) is 41.6. The molecule has 0 amide bonds. The third-order valence-electron chi connectivity index (χ3n) is 5.69. The van der Waals surface area contributed by atoms with Gasteiger partial charge in [-0.15, -0.1) is 0 Å². The predicted octanol–water partition coefficient (Wildman–Crippen LogP) is 4.11. The van der Waals surface area contributed by atoms with Crippen molar-refractivity contribution in [3.05, 3.63) is 6.65 Å². The molecule has 0 N–H and O–H groups in total. The van der Waals surface area contributed by atoms with Gasteiger partial charge in [0.15, 0.2) is 6.29 Å². The van der Waals surface area contributed by atoms with Gasteiger partial charge in [0.2, 0.25) is 0 Å². The zero-order valence-corrected chi connectivity index (χ0v) is 14.7. The van der Waals surface area contributed by atoms with Gasteiger partial charge < -0.3 is 14.2 Å². The topological polar surface area (TPSA) is 47.6 Å². The number of rotatable bonds is 3. The molecule has 3 rings (SSSR count). The van der Waals surface area contributed by atoms with Crippen LogP contribution in [0.4, 0.5) is 0 Å². The van der Waals surface area contributed by atoms with E-state index in [4.69, 9.17) is 18.9 Å². The summed E-state index contributed by atoms with van der Waals surface area (Å²) >= 11 is 0. The summed E-state index contributed by atoms with van der Waals surface area (Å²) in [7, 11) is 0. The van der Waals surface area contributed by atoms with E-state index in [0.29, 0.717) is 12.0 Å². The molecule has 0 atom stereocenters. The number of ether oxygens (including phenoxy) is 3. The molecular formula is C19H32O4. The molecule has 2 saturated carbocycles. The van der Waals surface area contributed by atoms with Gasteiger partial charge in [-0.05, 0) is 50.4 Å². The van der Waals surface area contributed by atoms with E-state index in [-0.39, 0.29) is 12.4 Å². The molecule has 0 spiro atoms. The first-order valence-corrected chi connectivity index (χ1v) is 9.29. The second-order valence-corrected chi connectivity index (χ2v) is 7.69. The molecule has 1 aliphatic heterocycles. The summed E-state index contributed by atoms with van der Waals surface area (Å²) in [6.45, 7) is 10.7. The standard InChI is InChI=1S/C18H32O3.CO/c1-13-3-7-15(8-4-13)18-19-11-17(12-20-18)21-16-9-5-14(2)6-10-16;1-2/h13-18H,3-12H2,1-2H3;. The van der Waals surface area contributed by atoms with Gasteiger partial charge in [-0.3, -0.25) is 0 Å². The van der Waals surface area contributed by atoms with Crippen LogP contribution in [-0.2, 0) is 18.9 Å². The van der Waals surface area contributed by atoms with Gasteiger partial charge in [0, 0.05) is 5.92 Å². The summed E-state index contributed by atoms with van der Waals surface area (Å²) in [5, 5.41) is 0. The third-order valence-corrected chi connectivity index (χ3v) is 5.69. The van der Waals surface area contributed by atoms with E-state index in [1.54, 1.807) is 0 Å². The van der Waals surface area contributed by atoms with E-state index in [1.165, 1.54) is 51.4 Å². The molecular weight excluding hydrogens is 292 g/mol. The van der Waals surface area contributed by atoms with Crippen LogP contribution >= 0.6 is 0 Å². The van der Waals surface area contributed by atoms with Gasteiger partial charge in [-0.1, -0.05) is 26.7 Å². The molecule has 0 radical (unpaired) electrons. The van der Waals surface area contributed by atoms with Crippen LogP contribution < -0.4 is 0 Å². The molecule has 4 nitrogen and oxygen atoms in total. The molecule has 132 valence electrons. The van der Waals surface area contributed by atoms with Crippen LogP contribution in [0.3, 0.4) is 0 Å². The Kier molecular flexibility index (Phi) is 8.08. The zero-order valence-electron chi connectivity index (χ0n) is 14.7. The van der Waals surface area contributed by atoms with Crippen LogP contribution in [0.5, 0.6) is 0 Å². The fourth-order valence-electron chi connectivity index (χ4n) is 4.05. The van der Waals surface area contributed by atoms with Crippen molar-refractivity contribution in [3.8, 4) is 0 Å². The van der Waals surface area contributed by atoms with E-state index in [0.717, 1.165) is 25.0 Å². The average Bonchev–Trinajstić information content (AvgIpc) is 2.60. The first-order chi connectivity index (χ1) is 11.2. The summed E-state index contributed by atoms with van der Waals surface area (Å²) in [4.78, 5) is 0. The predicted molar refractivity (Wildman–Crippen MR) is 87.0 cm³/mol. The molecule has 3 aliphatic rings. The molecule has 0 aromatic heterocycles. The van der Waals surface area contributed by atoms with Crippen LogP contribution in [0.15, 0.2) is 0 Å². The van der Waals surface area contributed by atoms with Crippen LogP contribution in [0.1, 0.15) is 65.2 Å². The second-order valence-electron chi connectivity index (χ2n) is 7.69. The van der Waals surface area contributed by atoms with Crippen LogP contribution in [0.2, 0.25) is 0 Å². The molecule has 23 heavy (non-hydrogen) atoms. The Morgan fingerprint density at radius 1 is 0.739 bits per heavy atom. The Hall–Kier alpha value is -0.380. The van der Waals surface area contributed by atoms with Crippen molar-refractivity contribution >= 4 is 0 Å². The molecule has 1 heterocycles. The monoisotopic (exact) mass is 324 g/mol. The van der Waals surface area contributed by atoms with Gasteiger partial charge in [0.1, 0.15) is 6.10 Å². The quantitative estimate of drug-likeness (QED) is 0.580. The van der Waals surface area contributed by atoms with Crippen molar-refractivity contribution in [3.63, 3.8) is 0 Å². The second kappa shape index (κ2) is 9.80. The Labute approximate surface area is 141 Å². The van der Waals surface area contributed by atoms with Crippen molar-refractivity contribution in [1.29, 1.82) is 0 Å². The average molecular weight is 324 g/mol. The van der Waals surface area contributed by atoms with Crippen molar-refractivity contribution in [1.82, 2.24) is 0 Å². The van der Waals surface area contributed by atoms with Gasteiger partial charge >= 0.3 is 11.3 Å². The number of hydrogen-bond donors (Lipinski definition) is 0. The summed E-state index contributed by atoms with van der Waals surface area (Å²) in [5.74, 6) is 2.37. The molecule has 0 aromatic carbocycles. The van der Waals surface area contributed by atoms with E-state index >= 15 is 0 Å². The third kappa shape index (κ3) is 5.88. The van der Waals surface area contributed by atoms with Gasteiger partial charge in [-0.25, -0.2) is 0 Å². The first kappa shape index (κ1) is 19.0. The molecule has 4 heteroatoms. The minimum atomic E-state index is 0.0312. The summed E-state index contributed by atoms with van der Waals surface area (Å²) in [6, 6.07) is 0. The Bertz CT molecular complexity index is 333. The molecule has 0 aromatic rings. The van der Waals surface area contributed by atoms with Crippen molar-refractivity contribution < 1.29 is 18.9 Å². The molecule has 1 saturated heterocycles. The Morgan fingerprint density at radius 3 is 1.74 bits per heavy atom. The number of hydrogen-bond acceptors (Lipinski definition) is 3. The van der Waals surface area contributed by atoms with E-state index < -0.39 is 0 Å². The zero-order chi connectivity index (χ0) is 16.7. The van der Waals surface area contributed by atoms with Crippen molar-refractivity contribution in [2.75, 3.05) is 13.2 Å². The van der Waals surface area contributed by atoms with Gasteiger partial charge in [-0.2, -0.15) is 0 Å². The summed E-state index contributed by atoms with van der Waals surface area (Å²) in [5.41, 5.74) is 0. The van der Waals surface area contributed by atoms with Crippen LogP contribution in [0.25, 0.3) is 0 Å². The molecule has 2 aliphatic carbocycles. The Morgan fingerprint density at radius 2 is 1.22 bits per heavy atom. The van der Waals surface area contributed by atoms with E-state index in [1.807, 2.05) is 0 Å². The van der Waals surface area contributed by atoms with Crippen LogP contribution in [-0.4, -0.2) is 31.7 Å². The molecule has 3 fully saturated rings. The fraction of sp³-hybridized carbons (Fsp3) is 0.947. The SMILES string of the molecule is CC1CCC(OC2COC(C3CCC(C)CC3)OC2)CC1.[C-]#[O+]. The van der Waals surface area contributed by atoms with E-state index in [2.05, 4.69) is 20.5 Å². The van der Waals surface area contributed by atoms with Crippen molar-refractivity contribution in [2.45, 2.75) is 83.7 Å². The molecule has 0 bridgehead atoms. The minimum absolute atomic E-state index is 0.0312. The van der Waals surface area contributed by atoms with Crippen molar-refractivity contribution in [2.24, 2.45) is 17.8 Å². The fourth-order valence-corrected chi connectivity index (χ4v) is 4.05. The maximum atomic E-state index is 7.50. The first-order valence-electron chi connectivity index (χ1n) is 9.29. The molecule has 0 unspecified atom stereocenters. The summed E-state index contributed by atoms with van der Waals surface area (Å²) in [6.07, 6.45) is 10.8. The Balaban J connectivity index is 0.000000924. The summed E-state index contributed by atoms with van der Waals surface area (Å²) < 4.78 is 25.6. The van der Waals surface area contributed by atoms with Gasteiger partial charge in [0.25, 0.3) is 0 Å².